The van der Waals surface area contributed by atoms with E-state index >= 15 is 0 Å². The molecule has 1 N–H and O–H groups in total. The zero-order valence-corrected chi connectivity index (χ0v) is 12.8. The van der Waals surface area contributed by atoms with E-state index in [0.717, 1.165) is 25.7 Å². The Labute approximate surface area is 127 Å². The molecule has 1 aliphatic rings. The minimum Gasteiger partial charge on any atom is -0.488 e. The average Bonchev–Trinajstić information content (AvgIpc) is 2.48. The van der Waals surface area contributed by atoms with Gasteiger partial charge in [0.05, 0.1) is 6.10 Å². The fraction of sp³-hybridized carbons (Fsp3) is 0.667. The Bertz CT molecular complexity index is 391. The third-order valence-corrected chi connectivity index (χ3v) is 4.27. The van der Waals surface area contributed by atoms with Gasteiger partial charge in [-0.15, -0.1) is 0 Å². The second-order valence-corrected chi connectivity index (χ2v) is 6.08. The third-order valence-electron chi connectivity index (χ3n) is 4.27. The number of ether oxygens (including phenoxy) is 1. The zero-order chi connectivity index (χ0) is 14.9. The summed E-state index contributed by atoms with van der Waals surface area (Å²) in [5.74, 6) is 0.383. The second kappa shape index (κ2) is 9.04. The molecule has 0 aliphatic heterocycles. The van der Waals surface area contributed by atoms with Crippen LogP contribution >= 0.6 is 0 Å². The Morgan fingerprint density at radius 3 is 1.95 bits per heavy atom. The second-order valence-electron chi connectivity index (χ2n) is 6.08. The van der Waals surface area contributed by atoms with Gasteiger partial charge in [-0.3, -0.25) is 0 Å². The summed E-state index contributed by atoms with van der Waals surface area (Å²) in [5, 5.41) is 10.4. The molecule has 2 unspecified atom stereocenters. The van der Waals surface area contributed by atoms with E-state index in [9.17, 15) is 9.50 Å². The van der Waals surface area contributed by atoms with Crippen LogP contribution in [0.1, 0.15) is 64.2 Å². The van der Waals surface area contributed by atoms with Gasteiger partial charge in [-0.25, -0.2) is 4.39 Å². The fourth-order valence-electron chi connectivity index (χ4n) is 2.96. The van der Waals surface area contributed by atoms with Crippen LogP contribution in [0.3, 0.4) is 0 Å². The van der Waals surface area contributed by atoms with Crippen molar-refractivity contribution in [3.8, 4) is 5.75 Å². The summed E-state index contributed by atoms with van der Waals surface area (Å²) in [4.78, 5) is 0. The van der Waals surface area contributed by atoms with E-state index in [1.54, 1.807) is 12.1 Å². The van der Waals surface area contributed by atoms with Crippen molar-refractivity contribution in [1.82, 2.24) is 0 Å². The molecular weight excluding hydrogens is 267 g/mol. The van der Waals surface area contributed by atoms with Gasteiger partial charge in [-0.05, 0) is 43.5 Å². The van der Waals surface area contributed by atoms with Crippen LogP contribution in [-0.4, -0.2) is 17.3 Å². The first-order chi connectivity index (χ1) is 10.3. The molecule has 1 fully saturated rings. The molecule has 21 heavy (non-hydrogen) atoms. The molecule has 0 bridgehead atoms. The van der Waals surface area contributed by atoms with Crippen molar-refractivity contribution in [2.24, 2.45) is 0 Å². The highest BCUT2D eigenvalue weighted by molar-refractivity contribution is 5.22. The molecule has 2 nitrogen and oxygen atoms in total. The minimum atomic E-state index is -0.422. The number of rotatable bonds is 2. The van der Waals surface area contributed by atoms with Crippen molar-refractivity contribution in [1.29, 1.82) is 0 Å². The van der Waals surface area contributed by atoms with Crippen LogP contribution in [0.2, 0.25) is 0 Å². The molecule has 2 atom stereocenters. The van der Waals surface area contributed by atoms with Crippen molar-refractivity contribution >= 4 is 0 Å². The predicted molar refractivity (Wildman–Crippen MR) is 83.0 cm³/mol. The van der Waals surface area contributed by atoms with Crippen LogP contribution in [0.25, 0.3) is 0 Å². The first-order valence-corrected chi connectivity index (χ1v) is 8.36. The Morgan fingerprint density at radius 1 is 0.810 bits per heavy atom. The Kier molecular flexibility index (Phi) is 7.01. The van der Waals surface area contributed by atoms with Gasteiger partial charge in [0.1, 0.15) is 17.7 Å². The van der Waals surface area contributed by atoms with Gasteiger partial charge in [0.25, 0.3) is 0 Å². The van der Waals surface area contributed by atoms with Gasteiger partial charge in [0.2, 0.25) is 0 Å². The lowest BCUT2D eigenvalue weighted by Gasteiger charge is -2.25. The van der Waals surface area contributed by atoms with Crippen LogP contribution in [0.4, 0.5) is 4.39 Å². The highest BCUT2D eigenvalue weighted by Gasteiger charge is 2.20. The minimum absolute atomic E-state index is 0.171. The Morgan fingerprint density at radius 2 is 1.33 bits per heavy atom. The molecule has 0 radical (unpaired) electrons. The summed E-state index contributed by atoms with van der Waals surface area (Å²) >= 11 is 0. The molecule has 0 aromatic heterocycles. The molecule has 0 heterocycles. The molecule has 1 aliphatic carbocycles. The molecule has 0 amide bonds. The number of benzene rings is 1. The lowest BCUT2D eigenvalue weighted by atomic mass is 9.97. The first kappa shape index (κ1) is 16.3. The molecule has 1 saturated carbocycles. The summed E-state index contributed by atoms with van der Waals surface area (Å²) < 4.78 is 18.8. The van der Waals surface area contributed by atoms with Crippen LogP contribution in [0, 0.1) is 5.82 Å². The highest BCUT2D eigenvalue weighted by Crippen LogP contribution is 2.22. The summed E-state index contributed by atoms with van der Waals surface area (Å²) in [6.07, 6.45) is 10.8. The highest BCUT2D eigenvalue weighted by atomic mass is 19.1. The lowest BCUT2D eigenvalue weighted by Crippen LogP contribution is -2.32. The van der Waals surface area contributed by atoms with Crippen LogP contribution in [0.15, 0.2) is 24.3 Å². The van der Waals surface area contributed by atoms with Crippen molar-refractivity contribution in [2.45, 2.75) is 76.4 Å². The van der Waals surface area contributed by atoms with E-state index in [2.05, 4.69) is 0 Å². The first-order valence-electron chi connectivity index (χ1n) is 8.36. The maximum atomic E-state index is 12.9. The van der Waals surface area contributed by atoms with Gasteiger partial charge in [-0.2, -0.15) is 0 Å². The SMILES string of the molecule is OC1CCCCCCCCCCC1Oc1ccc(F)cc1. The number of aliphatic hydroxyl groups is 1. The number of halogens is 1. The quantitative estimate of drug-likeness (QED) is 0.845. The summed E-state index contributed by atoms with van der Waals surface area (Å²) in [5.41, 5.74) is 0. The summed E-state index contributed by atoms with van der Waals surface area (Å²) in [7, 11) is 0. The van der Waals surface area contributed by atoms with E-state index in [1.165, 1.54) is 50.7 Å². The van der Waals surface area contributed by atoms with E-state index in [0.29, 0.717) is 5.75 Å². The fourth-order valence-corrected chi connectivity index (χ4v) is 2.96. The Balaban J connectivity index is 1.92. The van der Waals surface area contributed by atoms with Crippen molar-refractivity contribution in [2.75, 3.05) is 0 Å². The van der Waals surface area contributed by atoms with E-state index < -0.39 is 6.10 Å². The lowest BCUT2D eigenvalue weighted by molar-refractivity contribution is 0.0227. The molecule has 2 rings (SSSR count). The van der Waals surface area contributed by atoms with Gasteiger partial charge in [0, 0.05) is 0 Å². The number of hydrogen-bond acceptors (Lipinski definition) is 2. The van der Waals surface area contributed by atoms with Gasteiger partial charge < -0.3 is 9.84 Å². The van der Waals surface area contributed by atoms with Gasteiger partial charge in [-0.1, -0.05) is 44.9 Å². The maximum Gasteiger partial charge on any atom is 0.124 e. The van der Waals surface area contributed by atoms with Gasteiger partial charge in [0.15, 0.2) is 0 Å². The molecule has 1 aromatic carbocycles. The monoisotopic (exact) mass is 294 g/mol. The number of aliphatic hydroxyl groups excluding tert-OH is 1. The third kappa shape index (κ3) is 6.04. The van der Waals surface area contributed by atoms with E-state index in [1.807, 2.05) is 0 Å². The average molecular weight is 294 g/mol. The van der Waals surface area contributed by atoms with Crippen LogP contribution in [-0.2, 0) is 0 Å². The topological polar surface area (TPSA) is 29.5 Å². The van der Waals surface area contributed by atoms with E-state index in [-0.39, 0.29) is 11.9 Å². The molecule has 1 aromatic rings. The van der Waals surface area contributed by atoms with Crippen molar-refractivity contribution < 1.29 is 14.2 Å². The van der Waals surface area contributed by atoms with Crippen LogP contribution < -0.4 is 4.74 Å². The molecule has 0 spiro atoms. The summed E-state index contributed by atoms with van der Waals surface area (Å²) in [6, 6.07) is 6.07. The molecule has 118 valence electrons. The number of hydrogen-bond donors (Lipinski definition) is 1. The standard InChI is InChI=1S/C18H27FO2/c19-15-11-13-16(14-12-15)21-18-10-8-6-4-2-1-3-5-7-9-17(18)20/h11-14,17-18,20H,1-10H2. The van der Waals surface area contributed by atoms with Crippen molar-refractivity contribution in [3.63, 3.8) is 0 Å². The summed E-state index contributed by atoms with van der Waals surface area (Å²) in [6.45, 7) is 0. The smallest absolute Gasteiger partial charge is 0.124 e. The Hall–Kier alpha value is -1.09. The molecular formula is C18H27FO2. The normalized spacial score (nSPS) is 25.6. The zero-order valence-electron chi connectivity index (χ0n) is 12.8. The largest absolute Gasteiger partial charge is 0.488 e. The maximum absolute atomic E-state index is 12.9. The van der Waals surface area contributed by atoms with E-state index in [4.69, 9.17) is 4.74 Å². The van der Waals surface area contributed by atoms with Crippen molar-refractivity contribution in [3.05, 3.63) is 30.1 Å². The molecule has 0 saturated heterocycles. The predicted octanol–water partition coefficient (Wildman–Crippen LogP) is 4.85. The van der Waals surface area contributed by atoms with Crippen LogP contribution in [0.5, 0.6) is 5.75 Å². The molecule has 3 heteroatoms. The van der Waals surface area contributed by atoms with Gasteiger partial charge >= 0.3 is 0 Å².